The SMILES string of the molecule is COc1ccc(-c2cncc(C(=O)N3CCN(C)CC3)n2)c2ccc(C)nc12. The second kappa shape index (κ2) is 7.52. The van der Waals surface area contributed by atoms with Crippen LogP contribution in [0.25, 0.3) is 22.2 Å². The summed E-state index contributed by atoms with van der Waals surface area (Å²) in [5.74, 6) is 0.634. The number of aryl methyl sites for hydroxylation is 1. The number of likely N-dealkylation sites (N-methyl/N-ethyl adjacent to an activating group) is 1. The molecule has 0 aliphatic carbocycles. The first kappa shape index (κ1) is 18.3. The number of rotatable bonds is 3. The number of carbonyl (C=O) groups excluding carboxylic acids is 1. The van der Waals surface area contributed by atoms with Crippen molar-refractivity contribution >= 4 is 16.8 Å². The Morgan fingerprint density at radius 1 is 1.04 bits per heavy atom. The summed E-state index contributed by atoms with van der Waals surface area (Å²) in [6.45, 7) is 5.09. The number of hydrogen-bond donors (Lipinski definition) is 0. The van der Waals surface area contributed by atoms with E-state index >= 15 is 0 Å². The molecule has 2 aromatic heterocycles. The molecule has 28 heavy (non-hydrogen) atoms. The van der Waals surface area contributed by atoms with Gasteiger partial charge in [0.05, 0.1) is 25.2 Å². The average molecular weight is 377 g/mol. The van der Waals surface area contributed by atoms with E-state index in [0.717, 1.165) is 35.2 Å². The Balaban J connectivity index is 1.73. The molecule has 0 radical (unpaired) electrons. The highest BCUT2D eigenvalue weighted by molar-refractivity contribution is 5.98. The lowest BCUT2D eigenvalue weighted by Gasteiger charge is -2.32. The molecule has 144 valence electrons. The fourth-order valence-corrected chi connectivity index (χ4v) is 3.45. The molecule has 7 nitrogen and oxygen atoms in total. The van der Waals surface area contributed by atoms with E-state index in [9.17, 15) is 4.79 Å². The molecule has 0 spiro atoms. The van der Waals surface area contributed by atoms with E-state index in [1.54, 1.807) is 13.3 Å². The standard InChI is InChI=1S/C21H23N5O2/c1-14-4-5-16-15(6-7-19(28-3)20(16)23-14)17-12-22-13-18(24-17)21(27)26-10-8-25(2)9-11-26/h4-7,12-13H,8-11H2,1-3H3. The van der Waals surface area contributed by atoms with Crippen LogP contribution in [0.3, 0.4) is 0 Å². The Hall–Kier alpha value is -3.06. The zero-order valence-electron chi connectivity index (χ0n) is 16.3. The van der Waals surface area contributed by atoms with Crippen molar-refractivity contribution < 1.29 is 9.53 Å². The van der Waals surface area contributed by atoms with Gasteiger partial charge in [-0.25, -0.2) is 9.97 Å². The number of hydrogen-bond acceptors (Lipinski definition) is 6. The molecular formula is C21H23N5O2. The second-order valence-electron chi connectivity index (χ2n) is 7.05. The zero-order chi connectivity index (χ0) is 19.7. The van der Waals surface area contributed by atoms with E-state index in [4.69, 9.17) is 4.74 Å². The summed E-state index contributed by atoms with van der Waals surface area (Å²) in [5.41, 5.74) is 3.58. The fourth-order valence-electron chi connectivity index (χ4n) is 3.45. The number of piperazine rings is 1. The highest BCUT2D eigenvalue weighted by atomic mass is 16.5. The molecule has 1 saturated heterocycles. The number of ether oxygens (including phenoxy) is 1. The first-order valence-corrected chi connectivity index (χ1v) is 9.31. The summed E-state index contributed by atoms with van der Waals surface area (Å²) in [7, 11) is 3.69. The van der Waals surface area contributed by atoms with Crippen molar-refractivity contribution in [1.29, 1.82) is 0 Å². The molecule has 4 rings (SSSR count). The molecule has 1 aliphatic heterocycles. The van der Waals surface area contributed by atoms with Gasteiger partial charge < -0.3 is 14.5 Å². The third-order valence-corrected chi connectivity index (χ3v) is 5.10. The highest BCUT2D eigenvalue weighted by Gasteiger charge is 2.22. The molecule has 0 atom stereocenters. The van der Waals surface area contributed by atoms with Crippen LogP contribution in [0.4, 0.5) is 0 Å². The van der Waals surface area contributed by atoms with Crippen LogP contribution in [-0.4, -0.2) is 71.0 Å². The largest absolute Gasteiger partial charge is 0.494 e. The molecule has 7 heteroatoms. The first-order chi connectivity index (χ1) is 13.6. The summed E-state index contributed by atoms with van der Waals surface area (Å²) in [4.78, 5) is 30.5. The van der Waals surface area contributed by atoms with Gasteiger partial charge in [-0.15, -0.1) is 0 Å². The maximum atomic E-state index is 12.9. The lowest BCUT2D eigenvalue weighted by Crippen LogP contribution is -2.47. The summed E-state index contributed by atoms with van der Waals surface area (Å²) < 4.78 is 5.46. The lowest BCUT2D eigenvalue weighted by atomic mass is 10.0. The van der Waals surface area contributed by atoms with Gasteiger partial charge in [0.1, 0.15) is 17.0 Å². The summed E-state index contributed by atoms with van der Waals surface area (Å²) in [6.07, 6.45) is 3.22. The third-order valence-electron chi connectivity index (χ3n) is 5.10. The number of pyridine rings is 1. The minimum Gasteiger partial charge on any atom is -0.494 e. The van der Waals surface area contributed by atoms with Crippen molar-refractivity contribution in [3.05, 3.63) is 48.0 Å². The van der Waals surface area contributed by atoms with Crippen LogP contribution in [0.2, 0.25) is 0 Å². The lowest BCUT2D eigenvalue weighted by molar-refractivity contribution is 0.0658. The van der Waals surface area contributed by atoms with Gasteiger partial charge in [0.25, 0.3) is 5.91 Å². The number of benzene rings is 1. The van der Waals surface area contributed by atoms with Crippen molar-refractivity contribution in [2.24, 2.45) is 0 Å². The van der Waals surface area contributed by atoms with E-state index < -0.39 is 0 Å². The molecule has 0 bridgehead atoms. The molecular weight excluding hydrogens is 354 g/mol. The van der Waals surface area contributed by atoms with E-state index in [1.807, 2.05) is 36.1 Å². The van der Waals surface area contributed by atoms with Crippen LogP contribution in [0.1, 0.15) is 16.2 Å². The second-order valence-corrected chi connectivity index (χ2v) is 7.05. The number of methoxy groups -OCH3 is 1. The fraction of sp³-hybridized carbons (Fsp3) is 0.333. The van der Waals surface area contributed by atoms with E-state index in [0.29, 0.717) is 30.2 Å². The van der Waals surface area contributed by atoms with Crippen LogP contribution >= 0.6 is 0 Å². The van der Waals surface area contributed by atoms with Crippen LogP contribution in [0.15, 0.2) is 36.7 Å². The minimum absolute atomic E-state index is 0.0748. The number of aromatic nitrogens is 3. The molecule has 1 aliphatic rings. The van der Waals surface area contributed by atoms with Gasteiger partial charge in [-0.3, -0.25) is 9.78 Å². The molecule has 3 heterocycles. The first-order valence-electron chi connectivity index (χ1n) is 9.31. The molecule has 1 amide bonds. The molecule has 1 fully saturated rings. The topological polar surface area (TPSA) is 71.5 Å². The Morgan fingerprint density at radius 2 is 1.82 bits per heavy atom. The van der Waals surface area contributed by atoms with Crippen LogP contribution in [0.5, 0.6) is 5.75 Å². The summed E-state index contributed by atoms with van der Waals surface area (Å²) in [6, 6.07) is 7.77. The van der Waals surface area contributed by atoms with Crippen molar-refractivity contribution in [2.45, 2.75) is 6.92 Å². The summed E-state index contributed by atoms with van der Waals surface area (Å²) in [5, 5.41) is 0.920. The quantitative estimate of drug-likeness (QED) is 0.698. The Labute approximate surface area is 164 Å². The number of nitrogens with zero attached hydrogens (tertiary/aromatic N) is 5. The van der Waals surface area contributed by atoms with Crippen molar-refractivity contribution in [3.63, 3.8) is 0 Å². The highest BCUT2D eigenvalue weighted by Crippen LogP contribution is 2.32. The van der Waals surface area contributed by atoms with Crippen LogP contribution < -0.4 is 4.74 Å². The van der Waals surface area contributed by atoms with Gasteiger partial charge in [0.2, 0.25) is 0 Å². The Bertz CT molecular complexity index is 1030. The minimum atomic E-state index is -0.0748. The van der Waals surface area contributed by atoms with E-state index in [1.165, 1.54) is 6.20 Å². The van der Waals surface area contributed by atoms with Gasteiger partial charge in [-0.05, 0) is 32.2 Å². The molecule has 0 saturated carbocycles. The predicted octanol–water partition coefficient (Wildman–Crippen LogP) is 2.40. The number of carbonyl (C=O) groups is 1. The van der Waals surface area contributed by atoms with Gasteiger partial charge in [0.15, 0.2) is 0 Å². The van der Waals surface area contributed by atoms with Gasteiger partial charge in [-0.2, -0.15) is 0 Å². The normalized spacial score (nSPS) is 15.0. The van der Waals surface area contributed by atoms with Gasteiger partial charge in [0, 0.05) is 42.8 Å². The number of amides is 1. The van der Waals surface area contributed by atoms with Crippen molar-refractivity contribution in [2.75, 3.05) is 40.3 Å². The third kappa shape index (κ3) is 3.41. The molecule has 0 unspecified atom stereocenters. The number of fused-ring (bicyclic) bond motifs is 1. The smallest absolute Gasteiger partial charge is 0.274 e. The van der Waals surface area contributed by atoms with E-state index in [2.05, 4.69) is 26.9 Å². The molecule has 1 aromatic carbocycles. The van der Waals surface area contributed by atoms with Crippen LogP contribution in [-0.2, 0) is 0 Å². The van der Waals surface area contributed by atoms with Crippen LogP contribution in [0, 0.1) is 6.92 Å². The maximum Gasteiger partial charge on any atom is 0.274 e. The van der Waals surface area contributed by atoms with Gasteiger partial charge in [-0.1, -0.05) is 6.07 Å². The average Bonchev–Trinajstić information content (AvgIpc) is 2.73. The maximum absolute atomic E-state index is 12.9. The summed E-state index contributed by atoms with van der Waals surface area (Å²) >= 11 is 0. The molecule has 3 aromatic rings. The van der Waals surface area contributed by atoms with Crippen molar-refractivity contribution in [1.82, 2.24) is 24.8 Å². The zero-order valence-corrected chi connectivity index (χ0v) is 16.3. The molecule has 0 N–H and O–H groups in total. The Kier molecular flexibility index (Phi) is 4.92. The van der Waals surface area contributed by atoms with E-state index in [-0.39, 0.29) is 5.91 Å². The van der Waals surface area contributed by atoms with Crippen molar-refractivity contribution in [3.8, 4) is 17.0 Å². The monoisotopic (exact) mass is 377 g/mol. The predicted molar refractivity (Wildman–Crippen MR) is 107 cm³/mol. The van der Waals surface area contributed by atoms with Gasteiger partial charge >= 0.3 is 0 Å². The Morgan fingerprint density at radius 3 is 2.57 bits per heavy atom.